The molecule has 1 atom stereocenters. The van der Waals surface area contributed by atoms with Crippen LogP contribution in [-0.2, 0) is 9.59 Å². The van der Waals surface area contributed by atoms with Crippen molar-refractivity contribution in [2.24, 2.45) is 0 Å². The monoisotopic (exact) mass is 224 g/mol. The fraction of sp³-hybridized carbons (Fsp3) is 0.600. The highest BCUT2D eigenvalue weighted by atomic mass is 32.2. The first-order chi connectivity index (χ1) is 7.27. The molecule has 0 aromatic carbocycles. The van der Waals surface area contributed by atoms with Gasteiger partial charge in [-0.15, -0.1) is 11.8 Å². The predicted molar refractivity (Wildman–Crippen MR) is 56.7 cm³/mol. The van der Waals surface area contributed by atoms with Gasteiger partial charge in [-0.1, -0.05) is 0 Å². The summed E-state index contributed by atoms with van der Waals surface area (Å²) in [6.07, 6.45) is 2.75. The third kappa shape index (κ3) is 1.29. The SMILES string of the molecule is O=C(C1=CS[C@H]2CC(=O)N12)N1CCCC1. The summed E-state index contributed by atoms with van der Waals surface area (Å²) in [7, 11) is 0. The molecule has 80 valence electrons. The highest BCUT2D eigenvalue weighted by Gasteiger charge is 2.45. The zero-order valence-electron chi connectivity index (χ0n) is 8.31. The van der Waals surface area contributed by atoms with Crippen LogP contribution in [0.15, 0.2) is 11.1 Å². The van der Waals surface area contributed by atoms with Gasteiger partial charge in [0, 0.05) is 18.5 Å². The normalized spacial score (nSPS) is 28.9. The Hall–Kier alpha value is -0.970. The van der Waals surface area contributed by atoms with Crippen molar-refractivity contribution in [3.05, 3.63) is 11.1 Å². The van der Waals surface area contributed by atoms with Gasteiger partial charge >= 0.3 is 0 Å². The molecule has 2 fully saturated rings. The minimum absolute atomic E-state index is 0.0375. The van der Waals surface area contributed by atoms with Crippen molar-refractivity contribution in [1.82, 2.24) is 9.80 Å². The largest absolute Gasteiger partial charge is 0.337 e. The van der Waals surface area contributed by atoms with Gasteiger partial charge in [0.2, 0.25) is 5.91 Å². The molecule has 0 aliphatic carbocycles. The summed E-state index contributed by atoms with van der Waals surface area (Å²) < 4.78 is 0. The van der Waals surface area contributed by atoms with Gasteiger partial charge in [0.25, 0.3) is 5.91 Å². The van der Waals surface area contributed by atoms with Crippen LogP contribution in [0, 0.1) is 0 Å². The van der Waals surface area contributed by atoms with Crippen LogP contribution in [0.1, 0.15) is 19.3 Å². The van der Waals surface area contributed by atoms with Gasteiger partial charge in [-0.05, 0) is 12.8 Å². The Balaban J connectivity index is 1.76. The van der Waals surface area contributed by atoms with E-state index in [1.807, 2.05) is 10.3 Å². The van der Waals surface area contributed by atoms with E-state index in [9.17, 15) is 9.59 Å². The van der Waals surface area contributed by atoms with Gasteiger partial charge in [0.15, 0.2) is 0 Å². The molecule has 0 aromatic rings. The molecule has 0 spiro atoms. The lowest BCUT2D eigenvalue weighted by molar-refractivity contribution is -0.142. The average molecular weight is 224 g/mol. The summed E-state index contributed by atoms with van der Waals surface area (Å²) in [6, 6.07) is 0. The molecular formula is C10H12N2O2S. The second-order valence-electron chi connectivity index (χ2n) is 4.06. The fourth-order valence-electron chi connectivity index (χ4n) is 2.22. The summed E-state index contributed by atoms with van der Waals surface area (Å²) in [5.74, 6) is 0.124. The summed E-state index contributed by atoms with van der Waals surface area (Å²) in [5, 5.41) is 2.05. The lowest BCUT2D eigenvalue weighted by Crippen LogP contribution is -2.50. The van der Waals surface area contributed by atoms with E-state index in [0.717, 1.165) is 25.9 Å². The van der Waals surface area contributed by atoms with E-state index in [1.54, 1.807) is 16.7 Å². The van der Waals surface area contributed by atoms with E-state index in [-0.39, 0.29) is 17.2 Å². The zero-order valence-corrected chi connectivity index (χ0v) is 9.13. The van der Waals surface area contributed by atoms with Gasteiger partial charge in [-0.3, -0.25) is 14.5 Å². The van der Waals surface area contributed by atoms with Crippen molar-refractivity contribution >= 4 is 23.6 Å². The first-order valence-electron chi connectivity index (χ1n) is 5.24. The maximum atomic E-state index is 12.0. The number of amides is 2. The first kappa shape index (κ1) is 9.27. The van der Waals surface area contributed by atoms with E-state index in [2.05, 4.69) is 0 Å². The Morgan fingerprint density at radius 1 is 1.40 bits per heavy atom. The van der Waals surface area contributed by atoms with E-state index in [4.69, 9.17) is 0 Å². The second-order valence-corrected chi connectivity index (χ2v) is 5.11. The molecule has 3 heterocycles. The van der Waals surface area contributed by atoms with Crippen molar-refractivity contribution in [3.8, 4) is 0 Å². The zero-order chi connectivity index (χ0) is 10.4. The van der Waals surface area contributed by atoms with Crippen LogP contribution in [0.3, 0.4) is 0 Å². The number of carbonyl (C=O) groups is 2. The molecule has 0 unspecified atom stereocenters. The number of nitrogens with zero attached hydrogens (tertiary/aromatic N) is 2. The van der Waals surface area contributed by atoms with Crippen molar-refractivity contribution in [2.45, 2.75) is 24.6 Å². The standard InChI is InChI=1S/C10H12N2O2S/c13-8-5-9-12(8)7(6-15-9)10(14)11-3-1-2-4-11/h6,9H,1-5H2/t9-/m0/s1. The maximum absolute atomic E-state index is 12.0. The first-order valence-corrected chi connectivity index (χ1v) is 6.18. The van der Waals surface area contributed by atoms with Crippen LogP contribution < -0.4 is 0 Å². The summed E-state index contributed by atoms with van der Waals surface area (Å²) >= 11 is 1.59. The smallest absolute Gasteiger partial charge is 0.271 e. The Kier molecular flexibility index (Phi) is 2.02. The summed E-state index contributed by atoms with van der Waals surface area (Å²) in [6.45, 7) is 1.68. The molecular weight excluding hydrogens is 212 g/mol. The molecule has 0 saturated carbocycles. The van der Waals surface area contributed by atoms with Crippen molar-refractivity contribution in [2.75, 3.05) is 13.1 Å². The second kappa shape index (κ2) is 3.27. The highest BCUT2D eigenvalue weighted by molar-refractivity contribution is 8.03. The molecule has 5 heteroatoms. The Bertz CT molecular complexity index is 360. The highest BCUT2D eigenvalue weighted by Crippen LogP contribution is 2.41. The Morgan fingerprint density at radius 2 is 2.13 bits per heavy atom. The van der Waals surface area contributed by atoms with E-state index >= 15 is 0 Å². The van der Waals surface area contributed by atoms with Crippen LogP contribution in [0.25, 0.3) is 0 Å². The number of fused-ring (bicyclic) bond motifs is 1. The molecule has 3 aliphatic heterocycles. The van der Waals surface area contributed by atoms with E-state index in [0.29, 0.717) is 12.1 Å². The van der Waals surface area contributed by atoms with Gasteiger partial charge in [0.05, 0.1) is 11.8 Å². The fourth-order valence-corrected chi connectivity index (χ4v) is 3.31. The van der Waals surface area contributed by atoms with Crippen LogP contribution in [-0.4, -0.2) is 40.1 Å². The molecule has 2 saturated heterocycles. The molecule has 3 aliphatic rings. The van der Waals surface area contributed by atoms with Crippen molar-refractivity contribution < 1.29 is 9.59 Å². The van der Waals surface area contributed by atoms with Crippen molar-refractivity contribution in [1.29, 1.82) is 0 Å². The molecule has 0 bridgehead atoms. The third-order valence-corrected chi connectivity index (χ3v) is 4.17. The summed E-state index contributed by atoms with van der Waals surface area (Å²) in [4.78, 5) is 26.9. The van der Waals surface area contributed by atoms with Crippen LogP contribution in [0.5, 0.6) is 0 Å². The predicted octanol–water partition coefficient (Wildman–Crippen LogP) is 0.755. The molecule has 4 nitrogen and oxygen atoms in total. The minimum atomic E-state index is 0.0375. The molecule has 2 amide bonds. The number of hydrogen-bond acceptors (Lipinski definition) is 3. The number of likely N-dealkylation sites (tertiary alicyclic amines) is 1. The van der Waals surface area contributed by atoms with Gasteiger partial charge in [-0.25, -0.2) is 0 Å². The third-order valence-electron chi connectivity index (χ3n) is 3.11. The van der Waals surface area contributed by atoms with Gasteiger partial charge in [0.1, 0.15) is 5.70 Å². The molecule has 3 rings (SSSR count). The van der Waals surface area contributed by atoms with Crippen molar-refractivity contribution in [3.63, 3.8) is 0 Å². The van der Waals surface area contributed by atoms with E-state index < -0.39 is 0 Å². The average Bonchev–Trinajstić information content (AvgIpc) is 2.82. The molecule has 0 radical (unpaired) electrons. The maximum Gasteiger partial charge on any atom is 0.271 e. The number of thioether (sulfide) groups is 1. The molecule has 0 aromatic heterocycles. The Morgan fingerprint density at radius 3 is 2.80 bits per heavy atom. The van der Waals surface area contributed by atoms with Crippen LogP contribution in [0.2, 0.25) is 0 Å². The van der Waals surface area contributed by atoms with E-state index in [1.165, 1.54) is 0 Å². The number of hydrogen-bond donors (Lipinski definition) is 0. The minimum Gasteiger partial charge on any atom is -0.337 e. The number of carbonyl (C=O) groups excluding carboxylic acids is 2. The van der Waals surface area contributed by atoms with Crippen LogP contribution >= 0.6 is 11.8 Å². The number of β-lactam (4-membered cyclic amide) rings is 1. The quantitative estimate of drug-likeness (QED) is 0.617. The lowest BCUT2D eigenvalue weighted by Gasteiger charge is -2.35. The Labute approximate surface area is 92.3 Å². The summed E-state index contributed by atoms with van der Waals surface area (Å²) in [5.41, 5.74) is 0.600. The number of rotatable bonds is 1. The molecule has 15 heavy (non-hydrogen) atoms. The lowest BCUT2D eigenvalue weighted by atomic mass is 10.1. The topological polar surface area (TPSA) is 40.6 Å². The van der Waals surface area contributed by atoms with Gasteiger partial charge in [-0.2, -0.15) is 0 Å². The molecule has 0 N–H and O–H groups in total. The van der Waals surface area contributed by atoms with Crippen LogP contribution in [0.4, 0.5) is 0 Å². The van der Waals surface area contributed by atoms with Gasteiger partial charge < -0.3 is 4.90 Å².